The van der Waals surface area contributed by atoms with E-state index in [0.29, 0.717) is 6.04 Å². The van der Waals surface area contributed by atoms with Crippen LogP contribution in [0.25, 0.3) is 11.1 Å². The van der Waals surface area contributed by atoms with E-state index in [1.807, 2.05) is 4.68 Å². The molecule has 3 nitrogen and oxygen atoms in total. The van der Waals surface area contributed by atoms with Crippen molar-refractivity contribution in [2.45, 2.75) is 53.1 Å². The molecule has 21 heavy (non-hydrogen) atoms. The molecule has 0 saturated carbocycles. The topological polar surface area (TPSA) is 29.9 Å². The summed E-state index contributed by atoms with van der Waals surface area (Å²) < 4.78 is 2.00. The summed E-state index contributed by atoms with van der Waals surface area (Å²) in [7, 11) is 0. The lowest BCUT2D eigenvalue weighted by Crippen LogP contribution is -2.21. The Hall–Kier alpha value is -1.61. The van der Waals surface area contributed by atoms with Gasteiger partial charge in [0.2, 0.25) is 0 Å². The Morgan fingerprint density at radius 3 is 2.67 bits per heavy atom. The van der Waals surface area contributed by atoms with Gasteiger partial charge in [0.15, 0.2) is 0 Å². The first-order chi connectivity index (χ1) is 10.2. The van der Waals surface area contributed by atoms with Crippen molar-refractivity contribution in [3.8, 4) is 11.1 Å². The lowest BCUT2D eigenvalue weighted by Gasteiger charge is -2.17. The van der Waals surface area contributed by atoms with Gasteiger partial charge in [-0.1, -0.05) is 32.0 Å². The molecular weight excluding hydrogens is 258 g/mol. The molecule has 1 atom stereocenters. The molecule has 0 aliphatic carbocycles. The highest BCUT2D eigenvalue weighted by atomic mass is 15.3. The summed E-state index contributed by atoms with van der Waals surface area (Å²) in [5, 5.41) is 8.18. The molecule has 2 rings (SSSR count). The zero-order chi connectivity index (χ0) is 15.2. The summed E-state index contributed by atoms with van der Waals surface area (Å²) in [6.07, 6.45) is 4.42. The molecule has 114 valence electrons. The molecule has 0 saturated heterocycles. The van der Waals surface area contributed by atoms with Crippen molar-refractivity contribution in [2.24, 2.45) is 0 Å². The number of hydrogen-bond donors (Lipinski definition) is 1. The summed E-state index contributed by atoms with van der Waals surface area (Å²) >= 11 is 0. The normalized spacial score (nSPS) is 12.6. The highest BCUT2D eigenvalue weighted by molar-refractivity contribution is 5.66. The summed E-state index contributed by atoms with van der Waals surface area (Å²) in [5.41, 5.74) is 4.97. The van der Waals surface area contributed by atoms with E-state index in [-0.39, 0.29) is 0 Å². The van der Waals surface area contributed by atoms with Gasteiger partial charge < -0.3 is 5.32 Å². The van der Waals surface area contributed by atoms with Crippen LogP contribution >= 0.6 is 0 Å². The molecule has 1 aromatic carbocycles. The summed E-state index contributed by atoms with van der Waals surface area (Å²) in [5.74, 6) is 0. The molecular formula is C18H27N3. The average molecular weight is 285 g/mol. The van der Waals surface area contributed by atoms with Crippen LogP contribution in [0.3, 0.4) is 0 Å². The molecule has 1 N–H and O–H groups in total. The van der Waals surface area contributed by atoms with E-state index in [0.717, 1.165) is 25.2 Å². The average Bonchev–Trinajstić information content (AvgIpc) is 2.89. The second-order valence-electron chi connectivity index (χ2n) is 5.52. The van der Waals surface area contributed by atoms with Gasteiger partial charge in [0.25, 0.3) is 0 Å². The largest absolute Gasteiger partial charge is 0.310 e. The van der Waals surface area contributed by atoms with Crippen LogP contribution in [-0.4, -0.2) is 16.3 Å². The number of rotatable bonds is 7. The number of benzene rings is 1. The van der Waals surface area contributed by atoms with Gasteiger partial charge in [0.05, 0.1) is 5.69 Å². The van der Waals surface area contributed by atoms with Crippen LogP contribution in [0.1, 0.15) is 50.9 Å². The molecule has 0 radical (unpaired) electrons. The van der Waals surface area contributed by atoms with E-state index < -0.39 is 0 Å². The number of hydrogen-bond acceptors (Lipinski definition) is 2. The van der Waals surface area contributed by atoms with Crippen molar-refractivity contribution in [3.05, 3.63) is 41.7 Å². The van der Waals surface area contributed by atoms with Gasteiger partial charge in [0.1, 0.15) is 0 Å². The molecule has 1 aromatic heterocycles. The first-order valence-corrected chi connectivity index (χ1v) is 8.07. The minimum absolute atomic E-state index is 0.437. The van der Waals surface area contributed by atoms with Crippen LogP contribution in [0, 0.1) is 6.92 Å². The SMILES string of the molecule is CCCNC(CC)c1cccc(-c2cn(CC)nc2C)c1. The van der Waals surface area contributed by atoms with E-state index in [1.165, 1.54) is 23.1 Å². The van der Waals surface area contributed by atoms with Gasteiger partial charge in [0, 0.05) is 24.3 Å². The number of nitrogens with one attached hydrogen (secondary N) is 1. The smallest absolute Gasteiger partial charge is 0.0672 e. The Morgan fingerprint density at radius 1 is 1.24 bits per heavy atom. The fraction of sp³-hybridized carbons (Fsp3) is 0.500. The summed E-state index contributed by atoms with van der Waals surface area (Å²) in [4.78, 5) is 0. The molecule has 0 bridgehead atoms. The fourth-order valence-corrected chi connectivity index (χ4v) is 2.70. The zero-order valence-corrected chi connectivity index (χ0v) is 13.7. The highest BCUT2D eigenvalue weighted by Crippen LogP contribution is 2.26. The Kier molecular flexibility index (Phi) is 5.57. The first kappa shape index (κ1) is 15.8. The van der Waals surface area contributed by atoms with Crippen molar-refractivity contribution in [2.75, 3.05) is 6.54 Å². The van der Waals surface area contributed by atoms with Crippen molar-refractivity contribution in [3.63, 3.8) is 0 Å². The minimum Gasteiger partial charge on any atom is -0.310 e. The van der Waals surface area contributed by atoms with Gasteiger partial charge in [-0.2, -0.15) is 5.10 Å². The van der Waals surface area contributed by atoms with Crippen molar-refractivity contribution in [1.82, 2.24) is 15.1 Å². The quantitative estimate of drug-likeness (QED) is 0.820. The van der Waals surface area contributed by atoms with Gasteiger partial charge in [-0.05, 0) is 50.4 Å². The zero-order valence-electron chi connectivity index (χ0n) is 13.7. The van der Waals surface area contributed by atoms with Crippen molar-refractivity contribution in [1.29, 1.82) is 0 Å². The van der Waals surface area contributed by atoms with Crippen molar-refractivity contribution >= 4 is 0 Å². The monoisotopic (exact) mass is 285 g/mol. The molecule has 1 unspecified atom stereocenters. The molecule has 0 aliphatic rings. The third kappa shape index (κ3) is 3.73. The van der Waals surface area contributed by atoms with Crippen LogP contribution in [0.15, 0.2) is 30.5 Å². The lowest BCUT2D eigenvalue weighted by atomic mass is 9.98. The molecule has 1 heterocycles. The van der Waals surface area contributed by atoms with Crippen molar-refractivity contribution < 1.29 is 0 Å². The van der Waals surface area contributed by atoms with Crippen LogP contribution in [0.2, 0.25) is 0 Å². The van der Waals surface area contributed by atoms with E-state index >= 15 is 0 Å². The lowest BCUT2D eigenvalue weighted by molar-refractivity contribution is 0.518. The molecule has 0 fully saturated rings. The Balaban J connectivity index is 2.29. The Morgan fingerprint density at radius 2 is 2.05 bits per heavy atom. The van der Waals surface area contributed by atoms with E-state index in [9.17, 15) is 0 Å². The minimum atomic E-state index is 0.437. The van der Waals surface area contributed by atoms with Gasteiger partial charge in [-0.15, -0.1) is 0 Å². The molecule has 0 spiro atoms. The van der Waals surface area contributed by atoms with E-state index in [1.54, 1.807) is 0 Å². The second kappa shape index (κ2) is 7.41. The maximum absolute atomic E-state index is 4.55. The predicted octanol–water partition coefficient (Wildman–Crippen LogP) is 4.33. The number of nitrogens with zero attached hydrogens (tertiary/aromatic N) is 2. The van der Waals surface area contributed by atoms with Crippen LogP contribution < -0.4 is 5.32 Å². The molecule has 3 heteroatoms. The van der Waals surface area contributed by atoms with Crippen LogP contribution in [0.4, 0.5) is 0 Å². The van der Waals surface area contributed by atoms with Crippen LogP contribution in [0.5, 0.6) is 0 Å². The van der Waals surface area contributed by atoms with Gasteiger partial charge >= 0.3 is 0 Å². The number of aromatic nitrogens is 2. The molecule has 0 aliphatic heterocycles. The predicted molar refractivity (Wildman–Crippen MR) is 89.4 cm³/mol. The van der Waals surface area contributed by atoms with E-state index in [4.69, 9.17) is 0 Å². The Labute approximate surface area is 128 Å². The fourth-order valence-electron chi connectivity index (χ4n) is 2.70. The number of aryl methyl sites for hydroxylation is 2. The second-order valence-corrected chi connectivity index (χ2v) is 5.52. The Bertz CT molecular complexity index is 572. The van der Waals surface area contributed by atoms with E-state index in [2.05, 4.69) is 68.6 Å². The summed E-state index contributed by atoms with van der Waals surface area (Å²) in [6.45, 7) is 10.6. The third-order valence-corrected chi connectivity index (χ3v) is 3.92. The summed E-state index contributed by atoms with van der Waals surface area (Å²) in [6, 6.07) is 9.30. The molecule has 0 amide bonds. The van der Waals surface area contributed by atoms with Gasteiger partial charge in [-0.3, -0.25) is 4.68 Å². The van der Waals surface area contributed by atoms with Gasteiger partial charge in [-0.25, -0.2) is 0 Å². The third-order valence-electron chi connectivity index (χ3n) is 3.92. The first-order valence-electron chi connectivity index (χ1n) is 8.07. The maximum atomic E-state index is 4.55. The standard InChI is InChI=1S/C18H27N3/c1-5-11-19-18(6-2)16-10-8-9-15(12-16)17-13-21(7-3)20-14(17)4/h8-10,12-13,18-19H,5-7,11H2,1-4H3. The van der Waals surface area contributed by atoms with Crippen LogP contribution in [-0.2, 0) is 6.54 Å². The molecule has 2 aromatic rings. The maximum Gasteiger partial charge on any atom is 0.0672 e. The highest BCUT2D eigenvalue weighted by Gasteiger charge is 2.11.